The van der Waals surface area contributed by atoms with Gasteiger partial charge in [-0.05, 0) is 39.2 Å². The highest BCUT2D eigenvalue weighted by molar-refractivity contribution is 7.91. The van der Waals surface area contributed by atoms with Gasteiger partial charge in [0, 0.05) is 23.0 Å². The lowest BCUT2D eigenvalue weighted by Crippen LogP contribution is -2.48. The molecule has 9 heteroatoms. The number of hydrogen-bond acceptors (Lipinski definition) is 5. The number of Topliss-reactive ketones (excluding diaryl/α,β-unsaturated/α-hetero) is 1. The number of aromatic nitrogens is 1. The van der Waals surface area contributed by atoms with Crippen LogP contribution in [0.25, 0.3) is 0 Å². The molecule has 1 aliphatic carbocycles. The summed E-state index contributed by atoms with van der Waals surface area (Å²) in [7, 11) is -3.05. The van der Waals surface area contributed by atoms with E-state index < -0.39 is 21.4 Å². The van der Waals surface area contributed by atoms with Crippen LogP contribution in [0.5, 0.6) is 0 Å². The molecule has 29 heavy (non-hydrogen) atoms. The smallest absolute Gasteiger partial charge is 0.325 e. The van der Waals surface area contributed by atoms with Crippen LogP contribution >= 0.6 is 0 Å². The number of amides is 3. The van der Waals surface area contributed by atoms with Gasteiger partial charge >= 0.3 is 6.03 Å². The van der Waals surface area contributed by atoms with Crippen LogP contribution in [-0.2, 0) is 14.6 Å². The molecule has 1 unspecified atom stereocenters. The number of aryl methyl sites for hydroxylation is 1. The molecule has 1 aromatic rings. The Kier molecular flexibility index (Phi) is 4.83. The number of nitrogens with one attached hydrogen (secondary N) is 1. The first-order chi connectivity index (χ1) is 13.6. The monoisotopic (exact) mass is 421 g/mol. The summed E-state index contributed by atoms with van der Waals surface area (Å²) in [6.45, 7) is 3.35. The number of carbonyl (C=O) groups is 3. The molecule has 3 aliphatic rings. The van der Waals surface area contributed by atoms with Crippen LogP contribution in [0, 0.1) is 13.8 Å². The Morgan fingerprint density at radius 3 is 2.52 bits per heavy atom. The zero-order valence-electron chi connectivity index (χ0n) is 16.9. The summed E-state index contributed by atoms with van der Waals surface area (Å²) in [6.07, 6.45) is 4.59. The average molecular weight is 422 g/mol. The second-order valence-electron chi connectivity index (χ2n) is 8.60. The molecule has 1 N–H and O–H groups in total. The van der Waals surface area contributed by atoms with Crippen molar-refractivity contribution in [1.82, 2.24) is 14.8 Å². The van der Waals surface area contributed by atoms with E-state index in [1.54, 1.807) is 13.0 Å². The van der Waals surface area contributed by atoms with E-state index in [9.17, 15) is 22.8 Å². The molecule has 3 fully saturated rings. The Hall–Kier alpha value is -2.16. The molecule has 3 heterocycles. The topological polar surface area (TPSA) is 106 Å². The van der Waals surface area contributed by atoms with Gasteiger partial charge in [0.1, 0.15) is 5.54 Å². The summed E-state index contributed by atoms with van der Waals surface area (Å²) in [4.78, 5) is 39.4. The molecular weight excluding hydrogens is 394 g/mol. The Morgan fingerprint density at radius 1 is 1.21 bits per heavy atom. The summed E-state index contributed by atoms with van der Waals surface area (Å²) in [6, 6.07) is 1.06. The minimum absolute atomic E-state index is 0.0759. The van der Waals surface area contributed by atoms with E-state index in [-0.39, 0.29) is 35.8 Å². The predicted molar refractivity (Wildman–Crippen MR) is 107 cm³/mol. The van der Waals surface area contributed by atoms with Crippen LogP contribution in [0.1, 0.15) is 66.3 Å². The zero-order chi connectivity index (χ0) is 21.0. The van der Waals surface area contributed by atoms with E-state index >= 15 is 0 Å². The van der Waals surface area contributed by atoms with Crippen LogP contribution in [0.3, 0.4) is 0 Å². The standard InChI is InChI=1S/C20H27N3O5S/c1-13-10-16(14(2)23(13)15-6-9-29(27,28)12-15)17(24)11-22-18(25)20(21-19(22)26)7-4-3-5-8-20/h10,15H,3-9,11-12H2,1-2H3,(H,21,26). The molecule has 0 aromatic carbocycles. The number of sulfone groups is 1. The Balaban J connectivity index is 1.54. The van der Waals surface area contributed by atoms with E-state index in [1.165, 1.54) is 0 Å². The van der Waals surface area contributed by atoms with Crippen molar-refractivity contribution < 1.29 is 22.8 Å². The van der Waals surface area contributed by atoms with Gasteiger partial charge < -0.3 is 9.88 Å². The van der Waals surface area contributed by atoms with Gasteiger partial charge in [-0.3, -0.25) is 14.5 Å². The quantitative estimate of drug-likeness (QED) is 0.590. The number of hydrogen-bond donors (Lipinski definition) is 1. The third kappa shape index (κ3) is 3.39. The maximum absolute atomic E-state index is 13.0. The fourth-order valence-electron chi connectivity index (χ4n) is 5.14. The first-order valence-corrected chi connectivity index (χ1v) is 12.0. The molecule has 1 spiro atoms. The summed E-state index contributed by atoms with van der Waals surface area (Å²) in [5, 5.41) is 2.82. The van der Waals surface area contributed by atoms with Crippen molar-refractivity contribution in [3.63, 3.8) is 0 Å². The lowest BCUT2D eigenvalue weighted by molar-refractivity contribution is -0.132. The average Bonchev–Trinajstić information content (AvgIpc) is 3.23. The van der Waals surface area contributed by atoms with Gasteiger partial charge in [0.2, 0.25) is 0 Å². The Bertz CT molecular complexity index is 988. The number of urea groups is 1. The van der Waals surface area contributed by atoms with Gasteiger partial charge in [0.05, 0.1) is 18.1 Å². The predicted octanol–water partition coefficient (Wildman–Crippen LogP) is 1.90. The molecule has 1 aromatic heterocycles. The molecule has 1 atom stereocenters. The highest BCUT2D eigenvalue weighted by atomic mass is 32.2. The summed E-state index contributed by atoms with van der Waals surface area (Å²) >= 11 is 0. The van der Waals surface area contributed by atoms with Gasteiger partial charge in [0.25, 0.3) is 5.91 Å². The third-order valence-electron chi connectivity index (χ3n) is 6.61. The van der Waals surface area contributed by atoms with Crippen molar-refractivity contribution >= 4 is 27.6 Å². The van der Waals surface area contributed by atoms with Crippen LogP contribution in [0.4, 0.5) is 4.79 Å². The maximum atomic E-state index is 13.0. The lowest BCUT2D eigenvalue weighted by atomic mass is 9.82. The Morgan fingerprint density at radius 2 is 1.90 bits per heavy atom. The number of nitrogens with zero attached hydrogens (tertiary/aromatic N) is 2. The molecule has 2 saturated heterocycles. The highest BCUT2D eigenvalue weighted by Gasteiger charge is 2.51. The van der Waals surface area contributed by atoms with Crippen LogP contribution in [0.15, 0.2) is 6.07 Å². The molecule has 0 radical (unpaired) electrons. The van der Waals surface area contributed by atoms with Crippen LogP contribution in [0.2, 0.25) is 0 Å². The largest absolute Gasteiger partial charge is 0.344 e. The fraction of sp³-hybridized carbons (Fsp3) is 0.650. The van der Waals surface area contributed by atoms with Crippen molar-refractivity contribution in [3.8, 4) is 0 Å². The lowest BCUT2D eigenvalue weighted by Gasteiger charge is -2.30. The molecule has 3 amide bonds. The second kappa shape index (κ2) is 6.97. The van der Waals surface area contributed by atoms with Gasteiger partial charge in [0.15, 0.2) is 15.6 Å². The number of rotatable bonds is 4. The number of imide groups is 1. The summed E-state index contributed by atoms with van der Waals surface area (Å²) in [5.74, 6) is -0.373. The van der Waals surface area contributed by atoms with E-state index in [4.69, 9.17) is 0 Å². The molecule has 0 bridgehead atoms. The fourth-order valence-corrected chi connectivity index (χ4v) is 6.84. The second-order valence-corrected chi connectivity index (χ2v) is 10.8. The summed E-state index contributed by atoms with van der Waals surface area (Å²) in [5.41, 5.74) is 1.10. The van der Waals surface area contributed by atoms with Gasteiger partial charge in [-0.25, -0.2) is 13.2 Å². The first kappa shape index (κ1) is 20.1. The van der Waals surface area contributed by atoms with E-state index in [2.05, 4.69) is 5.32 Å². The van der Waals surface area contributed by atoms with Crippen molar-refractivity contribution in [2.24, 2.45) is 0 Å². The van der Waals surface area contributed by atoms with E-state index in [1.807, 2.05) is 11.5 Å². The number of ketones is 1. The van der Waals surface area contributed by atoms with E-state index in [0.29, 0.717) is 30.5 Å². The molecule has 4 rings (SSSR count). The van der Waals surface area contributed by atoms with Crippen molar-refractivity contribution in [2.45, 2.75) is 64.0 Å². The molecule has 2 aliphatic heterocycles. The van der Waals surface area contributed by atoms with Crippen molar-refractivity contribution in [3.05, 3.63) is 23.0 Å². The molecule has 1 saturated carbocycles. The molecular formula is C20H27N3O5S. The van der Waals surface area contributed by atoms with Crippen molar-refractivity contribution in [2.75, 3.05) is 18.1 Å². The Labute approximate surface area is 170 Å². The van der Waals surface area contributed by atoms with Gasteiger partial charge in [-0.1, -0.05) is 19.3 Å². The summed E-state index contributed by atoms with van der Waals surface area (Å²) < 4.78 is 25.6. The van der Waals surface area contributed by atoms with Crippen LogP contribution < -0.4 is 5.32 Å². The zero-order valence-corrected chi connectivity index (χ0v) is 17.7. The normalized spacial score (nSPS) is 25.6. The van der Waals surface area contributed by atoms with Gasteiger partial charge in [-0.2, -0.15) is 0 Å². The van der Waals surface area contributed by atoms with Crippen LogP contribution in [-0.4, -0.2) is 59.2 Å². The first-order valence-electron chi connectivity index (χ1n) is 10.2. The van der Waals surface area contributed by atoms with E-state index in [0.717, 1.165) is 29.9 Å². The third-order valence-corrected chi connectivity index (χ3v) is 8.36. The minimum Gasteiger partial charge on any atom is -0.344 e. The number of carbonyl (C=O) groups excluding carboxylic acids is 3. The minimum atomic E-state index is -3.05. The maximum Gasteiger partial charge on any atom is 0.325 e. The molecule has 8 nitrogen and oxygen atoms in total. The van der Waals surface area contributed by atoms with Gasteiger partial charge in [-0.15, -0.1) is 0 Å². The SMILES string of the molecule is Cc1cc(C(=O)CN2C(=O)NC3(CCCCC3)C2=O)c(C)n1C1CCS(=O)(=O)C1. The highest BCUT2D eigenvalue weighted by Crippen LogP contribution is 2.34. The molecule has 158 valence electrons. The van der Waals surface area contributed by atoms with Crippen molar-refractivity contribution in [1.29, 1.82) is 0 Å².